The number of carboxylic acids is 1. The quantitative estimate of drug-likeness (QED) is 0.906. The summed E-state index contributed by atoms with van der Waals surface area (Å²) in [6.45, 7) is 4.55. The largest absolute Gasteiger partial charge is 0.480 e. The molecule has 0 spiro atoms. The summed E-state index contributed by atoms with van der Waals surface area (Å²) in [6, 6.07) is 13.5. The monoisotopic (exact) mass is 303 g/mol. The van der Waals surface area contributed by atoms with Crippen LogP contribution in [0.15, 0.2) is 42.5 Å². The minimum absolute atomic E-state index is 0.0622. The Balaban J connectivity index is 2.30. The lowest BCUT2D eigenvalue weighted by atomic mass is 10.1. The molecular formula is C17H18ClNO2. The highest BCUT2D eigenvalue weighted by molar-refractivity contribution is 6.30. The highest BCUT2D eigenvalue weighted by Crippen LogP contribution is 2.22. The predicted molar refractivity (Wildman–Crippen MR) is 86.1 cm³/mol. The van der Waals surface area contributed by atoms with Gasteiger partial charge in [-0.25, -0.2) is 0 Å². The van der Waals surface area contributed by atoms with E-state index in [0.717, 1.165) is 11.3 Å². The van der Waals surface area contributed by atoms with Gasteiger partial charge < -0.3 is 10.0 Å². The van der Waals surface area contributed by atoms with Crippen LogP contribution in [0.3, 0.4) is 0 Å². The van der Waals surface area contributed by atoms with Crippen molar-refractivity contribution in [3.8, 4) is 0 Å². The zero-order valence-electron chi connectivity index (χ0n) is 12.1. The molecule has 1 N–H and O–H groups in total. The number of carbonyl (C=O) groups is 1. The summed E-state index contributed by atoms with van der Waals surface area (Å²) in [7, 11) is 0. The third-order valence-corrected chi connectivity index (χ3v) is 3.39. The summed E-state index contributed by atoms with van der Waals surface area (Å²) in [5.41, 5.74) is 4.25. The molecule has 0 radical (unpaired) electrons. The maximum atomic E-state index is 11.1. The summed E-state index contributed by atoms with van der Waals surface area (Å²) >= 11 is 6.00. The molecule has 0 unspecified atom stereocenters. The molecule has 0 bridgehead atoms. The van der Waals surface area contributed by atoms with Crippen molar-refractivity contribution in [1.29, 1.82) is 0 Å². The predicted octanol–water partition coefficient (Wildman–Crippen LogP) is 4.05. The Morgan fingerprint density at radius 3 is 2.38 bits per heavy atom. The van der Waals surface area contributed by atoms with Gasteiger partial charge in [0.25, 0.3) is 0 Å². The summed E-state index contributed by atoms with van der Waals surface area (Å²) in [5, 5.41) is 9.73. The minimum atomic E-state index is -0.862. The molecule has 3 nitrogen and oxygen atoms in total. The SMILES string of the molecule is Cc1cc(C)cc(CN(CC(=O)O)c2cccc(Cl)c2)c1. The zero-order chi connectivity index (χ0) is 15.4. The highest BCUT2D eigenvalue weighted by Gasteiger charge is 2.12. The van der Waals surface area contributed by atoms with Gasteiger partial charge >= 0.3 is 5.97 Å². The number of hydrogen-bond donors (Lipinski definition) is 1. The van der Waals surface area contributed by atoms with Crippen LogP contribution in [0.5, 0.6) is 0 Å². The molecule has 0 aliphatic carbocycles. The molecule has 0 fully saturated rings. The average molecular weight is 304 g/mol. The van der Waals surface area contributed by atoms with Crippen molar-refractivity contribution in [3.05, 3.63) is 64.2 Å². The van der Waals surface area contributed by atoms with Gasteiger partial charge in [-0.3, -0.25) is 4.79 Å². The van der Waals surface area contributed by atoms with Crippen LogP contribution in [0.1, 0.15) is 16.7 Å². The van der Waals surface area contributed by atoms with E-state index in [4.69, 9.17) is 16.7 Å². The second-order valence-corrected chi connectivity index (χ2v) is 5.66. The molecule has 2 aromatic rings. The van der Waals surface area contributed by atoms with Gasteiger partial charge in [0.05, 0.1) is 0 Å². The molecule has 0 saturated heterocycles. The number of carboxylic acid groups (broad SMARTS) is 1. The molecule has 0 saturated carbocycles. The maximum absolute atomic E-state index is 11.1. The molecule has 0 heterocycles. The molecule has 0 aromatic heterocycles. The minimum Gasteiger partial charge on any atom is -0.480 e. The van der Waals surface area contributed by atoms with Crippen molar-refractivity contribution in [1.82, 2.24) is 0 Å². The second-order valence-electron chi connectivity index (χ2n) is 5.23. The van der Waals surface area contributed by atoms with Gasteiger partial charge in [-0.15, -0.1) is 0 Å². The molecule has 0 atom stereocenters. The van der Waals surface area contributed by atoms with Crippen molar-refractivity contribution in [2.45, 2.75) is 20.4 Å². The van der Waals surface area contributed by atoms with Gasteiger partial charge in [0.2, 0.25) is 0 Å². The van der Waals surface area contributed by atoms with E-state index in [-0.39, 0.29) is 6.54 Å². The van der Waals surface area contributed by atoms with Crippen molar-refractivity contribution in [2.24, 2.45) is 0 Å². The van der Waals surface area contributed by atoms with Crippen molar-refractivity contribution in [3.63, 3.8) is 0 Å². The molecule has 0 aliphatic heterocycles. The van der Waals surface area contributed by atoms with Crippen LogP contribution in [-0.4, -0.2) is 17.6 Å². The van der Waals surface area contributed by atoms with Gasteiger partial charge in [0, 0.05) is 17.3 Å². The number of benzene rings is 2. The Bertz CT molecular complexity index is 635. The molecule has 110 valence electrons. The van der Waals surface area contributed by atoms with Crippen molar-refractivity contribution >= 4 is 23.3 Å². The lowest BCUT2D eigenvalue weighted by molar-refractivity contribution is -0.135. The normalized spacial score (nSPS) is 10.4. The molecule has 4 heteroatoms. The Hall–Kier alpha value is -2.00. The van der Waals surface area contributed by atoms with E-state index in [1.54, 1.807) is 12.1 Å². The highest BCUT2D eigenvalue weighted by atomic mass is 35.5. The molecule has 21 heavy (non-hydrogen) atoms. The third-order valence-electron chi connectivity index (χ3n) is 3.15. The fourth-order valence-corrected chi connectivity index (χ4v) is 2.64. The van der Waals surface area contributed by atoms with Gasteiger partial charge in [0.15, 0.2) is 0 Å². The molecule has 2 aromatic carbocycles. The number of halogens is 1. The van der Waals surface area contributed by atoms with Crippen LogP contribution in [0, 0.1) is 13.8 Å². The smallest absolute Gasteiger partial charge is 0.323 e. The van der Waals surface area contributed by atoms with Gasteiger partial charge in [-0.05, 0) is 37.6 Å². The number of rotatable bonds is 5. The van der Waals surface area contributed by atoms with Crippen molar-refractivity contribution < 1.29 is 9.90 Å². The van der Waals surface area contributed by atoms with E-state index < -0.39 is 5.97 Å². The fourth-order valence-electron chi connectivity index (χ4n) is 2.46. The van der Waals surface area contributed by atoms with Crippen LogP contribution < -0.4 is 4.90 Å². The average Bonchev–Trinajstić information content (AvgIpc) is 2.36. The first kappa shape index (κ1) is 15.4. The van der Waals surface area contributed by atoms with Gasteiger partial charge in [0.1, 0.15) is 6.54 Å². The Kier molecular flexibility index (Phi) is 4.86. The van der Waals surface area contributed by atoms with Crippen molar-refractivity contribution in [2.75, 3.05) is 11.4 Å². The first-order chi connectivity index (χ1) is 9.94. The van der Waals surface area contributed by atoms with E-state index in [0.29, 0.717) is 11.6 Å². The summed E-state index contributed by atoms with van der Waals surface area (Å²) < 4.78 is 0. The lowest BCUT2D eigenvalue weighted by Crippen LogP contribution is -2.29. The van der Waals surface area contributed by atoms with E-state index in [1.165, 1.54) is 11.1 Å². The maximum Gasteiger partial charge on any atom is 0.323 e. The van der Waals surface area contributed by atoms with E-state index in [2.05, 4.69) is 18.2 Å². The van der Waals surface area contributed by atoms with E-state index >= 15 is 0 Å². The van der Waals surface area contributed by atoms with Crippen LogP contribution in [0.25, 0.3) is 0 Å². The Labute approximate surface area is 129 Å². The number of anilines is 1. The first-order valence-corrected chi connectivity index (χ1v) is 7.11. The molecular weight excluding hydrogens is 286 g/mol. The van der Waals surface area contributed by atoms with E-state index in [9.17, 15) is 4.79 Å². The summed E-state index contributed by atoms with van der Waals surface area (Å²) in [5.74, 6) is -0.862. The number of hydrogen-bond acceptors (Lipinski definition) is 2. The molecule has 2 rings (SSSR count). The van der Waals surface area contributed by atoms with Crippen LogP contribution in [0.2, 0.25) is 5.02 Å². The number of aryl methyl sites for hydroxylation is 2. The van der Waals surface area contributed by atoms with E-state index in [1.807, 2.05) is 30.9 Å². The zero-order valence-corrected chi connectivity index (χ0v) is 12.9. The second kappa shape index (κ2) is 6.64. The van der Waals surface area contributed by atoms with Crippen LogP contribution in [0.4, 0.5) is 5.69 Å². The number of nitrogens with zero attached hydrogens (tertiary/aromatic N) is 1. The Morgan fingerprint density at radius 1 is 1.14 bits per heavy atom. The van der Waals surface area contributed by atoms with Crippen LogP contribution in [-0.2, 0) is 11.3 Å². The first-order valence-electron chi connectivity index (χ1n) is 6.73. The summed E-state index contributed by atoms with van der Waals surface area (Å²) in [6.07, 6.45) is 0. The molecule has 0 amide bonds. The topological polar surface area (TPSA) is 40.5 Å². The third kappa shape index (κ3) is 4.50. The Morgan fingerprint density at radius 2 is 1.81 bits per heavy atom. The number of aliphatic carboxylic acids is 1. The fraction of sp³-hybridized carbons (Fsp3) is 0.235. The van der Waals surface area contributed by atoms with Crippen LogP contribution >= 0.6 is 11.6 Å². The standard InChI is InChI=1S/C17H18ClNO2/c1-12-6-13(2)8-14(7-12)10-19(11-17(20)21)16-5-3-4-15(18)9-16/h3-9H,10-11H2,1-2H3,(H,20,21). The summed E-state index contributed by atoms with van der Waals surface area (Å²) in [4.78, 5) is 12.9. The van der Waals surface area contributed by atoms with Gasteiger partial charge in [-0.2, -0.15) is 0 Å². The molecule has 0 aliphatic rings. The lowest BCUT2D eigenvalue weighted by Gasteiger charge is -2.23. The van der Waals surface area contributed by atoms with Gasteiger partial charge in [-0.1, -0.05) is 47.0 Å².